The highest BCUT2D eigenvalue weighted by Crippen LogP contribution is 2.17. The van der Waals surface area contributed by atoms with Crippen molar-refractivity contribution in [3.63, 3.8) is 0 Å². The van der Waals surface area contributed by atoms with Gasteiger partial charge in [-0.05, 0) is 37.6 Å². The van der Waals surface area contributed by atoms with E-state index in [0.29, 0.717) is 5.92 Å². The summed E-state index contributed by atoms with van der Waals surface area (Å²) in [6, 6.07) is 9.84. The number of hydrogen-bond donors (Lipinski definition) is 0. The van der Waals surface area contributed by atoms with E-state index in [9.17, 15) is 4.79 Å². The van der Waals surface area contributed by atoms with E-state index in [2.05, 4.69) is 18.7 Å². The Kier molecular flexibility index (Phi) is 4.59. The third-order valence-corrected chi connectivity index (χ3v) is 4.00. The molecule has 1 aliphatic heterocycles. The monoisotopic (exact) mass is 260 g/mol. The van der Waals surface area contributed by atoms with Crippen molar-refractivity contribution in [2.75, 3.05) is 26.7 Å². The fourth-order valence-electron chi connectivity index (χ4n) is 2.54. The fourth-order valence-corrected chi connectivity index (χ4v) is 2.54. The third-order valence-electron chi connectivity index (χ3n) is 4.00. The maximum Gasteiger partial charge on any atom is 0.253 e. The molecule has 19 heavy (non-hydrogen) atoms. The quantitative estimate of drug-likeness (QED) is 0.812. The molecule has 1 fully saturated rings. The van der Waals surface area contributed by atoms with Gasteiger partial charge >= 0.3 is 0 Å². The van der Waals surface area contributed by atoms with E-state index in [1.165, 1.54) is 19.5 Å². The number of amides is 1. The van der Waals surface area contributed by atoms with Crippen LogP contribution >= 0.6 is 0 Å². The Morgan fingerprint density at radius 2 is 1.89 bits per heavy atom. The van der Waals surface area contributed by atoms with Crippen LogP contribution < -0.4 is 0 Å². The Hall–Kier alpha value is -1.35. The van der Waals surface area contributed by atoms with Crippen molar-refractivity contribution in [2.45, 2.75) is 26.3 Å². The number of carbonyl (C=O) groups is 1. The molecule has 1 saturated heterocycles. The van der Waals surface area contributed by atoms with Gasteiger partial charge in [0.2, 0.25) is 0 Å². The first-order valence-corrected chi connectivity index (χ1v) is 7.14. The third kappa shape index (κ3) is 3.35. The summed E-state index contributed by atoms with van der Waals surface area (Å²) in [5.41, 5.74) is 0.777. The molecule has 0 radical (unpaired) electrons. The van der Waals surface area contributed by atoms with Crippen molar-refractivity contribution in [3.05, 3.63) is 35.9 Å². The van der Waals surface area contributed by atoms with Crippen molar-refractivity contribution >= 4 is 5.91 Å². The summed E-state index contributed by atoms with van der Waals surface area (Å²) in [5.74, 6) is 0.595. The Morgan fingerprint density at radius 3 is 2.37 bits per heavy atom. The molecule has 1 amide bonds. The van der Waals surface area contributed by atoms with Crippen LogP contribution in [0.25, 0.3) is 0 Å². The summed E-state index contributed by atoms with van der Waals surface area (Å²) in [5, 5.41) is 0. The molecule has 1 atom stereocenters. The second kappa shape index (κ2) is 6.20. The molecule has 1 aliphatic rings. The van der Waals surface area contributed by atoms with E-state index in [-0.39, 0.29) is 11.9 Å². The molecular formula is C16H24N2O. The van der Waals surface area contributed by atoms with Crippen LogP contribution in [0.3, 0.4) is 0 Å². The molecule has 2 rings (SSSR count). The van der Waals surface area contributed by atoms with Crippen molar-refractivity contribution in [1.82, 2.24) is 9.80 Å². The minimum absolute atomic E-state index is 0.125. The lowest BCUT2D eigenvalue weighted by Gasteiger charge is -2.39. The summed E-state index contributed by atoms with van der Waals surface area (Å²) in [6.45, 7) is 7.73. The molecule has 1 aromatic rings. The molecule has 3 heteroatoms. The summed E-state index contributed by atoms with van der Waals surface area (Å²) < 4.78 is 0. The van der Waals surface area contributed by atoms with Gasteiger partial charge in [-0.25, -0.2) is 0 Å². The number of carbonyl (C=O) groups excluding carboxylic acids is 1. The Bertz CT molecular complexity index is 412. The van der Waals surface area contributed by atoms with Crippen molar-refractivity contribution in [3.8, 4) is 0 Å². The second-order valence-corrected chi connectivity index (χ2v) is 5.75. The zero-order valence-corrected chi connectivity index (χ0v) is 12.2. The summed E-state index contributed by atoms with van der Waals surface area (Å²) in [4.78, 5) is 16.8. The topological polar surface area (TPSA) is 23.6 Å². The lowest BCUT2D eigenvalue weighted by atomic mass is 10.00. The molecule has 0 spiro atoms. The predicted molar refractivity (Wildman–Crippen MR) is 78.2 cm³/mol. The largest absolute Gasteiger partial charge is 0.337 e. The highest BCUT2D eigenvalue weighted by Gasteiger charge is 2.27. The van der Waals surface area contributed by atoms with Gasteiger partial charge in [0.05, 0.1) is 0 Å². The molecule has 0 N–H and O–H groups in total. The number of likely N-dealkylation sites (N-methyl/N-ethyl adjacent to an activating group) is 1. The Labute approximate surface area is 116 Å². The van der Waals surface area contributed by atoms with Gasteiger partial charge in [0.25, 0.3) is 5.91 Å². The van der Waals surface area contributed by atoms with Crippen LogP contribution in [-0.4, -0.2) is 48.4 Å². The molecule has 0 saturated carbocycles. The lowest BCUT2D eigenvalue weighted by Crippen LogP contribution is -2.51. The average Bonchev–Trinajstić information content (AvgIpc) is 2.36. The number of rotatable bonds is 5. The maximum absolute atomic E-state index is 12.5. The van der Waals surface area contributed by atoms with Crippen molar-refractivity contribution in [1.29, 1.82) is 0 Å². The molecule has 1 aromatic carbocycles. The molecule has 3 nitrogen and oxygen atoms in total. The SMILES string of the molecule is CC(C)[C@@H](CN1CCC1)N(C)C(=O)c1ccccc1. The van der Waals surface area contributed by atoms with Crippen molar-refractivity contribution < 1.29 is 4.79 Å². The smallest absolute Gasteiger partial charge is 0.253 e. The van der Waals surface area contributed by atoms with Crippen LogP contribution in [0.4, 0.5) is 0 Å². The molecule has 0 unspecified atom stereocenters. The van der Waals surface area contributed by atoms with E-state index in [0.717, 1.165) is 12.1 Å². The summed E-state index contributed by atoms with van der Waals surface area (Å²) in [6.07, 6.45) is 1.29. The molecule has 104 valence electrons. The Balaban J connectivity index is 2.05. The van der Waals surface area contributed by atoms with Crippen molar-refractivity contribution in [2.24, 2.45) is 5.92 Å². The van der Waals surface area contributed by atoms with E-state index in [4.69, 9.17) is 0 Å². The number of nitrogens with zero attached hydrogens (tertiary/aromatic N) is 2. The number of benzene rings is 1. The van der Waals surface area contributed by atoms with Gasteiger partial charge in [-0.15, -0.1) is 0 Å². The fraction of sp³-hybridized carbons (Fsp3) is 0.562. The number of likely N-dealkylation sites (tertiary alicyclic amines) is 1. The van der Waals surface area contributed by atoms with E-state index >= 15 is 0 Å². The lowest BCUT2D eigenvalue weighted by molar-refractivity contribution is 0.0564. The molecule has 0 aromatic heterocycles. The van der Waals surface area contributed by atoms with Gasteiger partial charge in [-0.1, -0.05) is 32.0 Å². The minimum Gasteiger partial charge on any atom is -0.337 e. The first kappa shape index (κ1) is 14.1. The normalized spacial score (nSPS) is 17.1. The van der Waals surface area contributed by atoms with Crippen LogP contribution in [0.2, 0.25) is 0 Å². The van der Waals surface area contributed by atoms with Gasteiger partial charge in [0, 0.05) is 25.2 Å². The zero-order valence-electron chi connectivity index (χ0n) is 12.2. The van der Waals surface area contributed by atoms with Crippen LogP contribution in [0, 0.1) is 5.92 Å². The first-order chi connectivity index (χ1) is 9.09. The highest BCUT2D eigenvalue weighted by molar-refractivity contribution is 5.94. The predicted octanol–water partition coefficient (Wildman–Crippen LogP) is 2.49. The van der Waals surface area contributed by atoms with Crippen LogP contribution in [0.5, 0.6) is 0 Å². The van der Waals surface area contributed by atoms with E-state index in [1.54, 1.807) is 0 Å². The van der Waals surface area contributed by atoms with Gasteiger partial charge in [0.15, 0.2) is 0 Å². The highest BCUT2D eigenvalue weighted by atomic mass is 16.2. The molecule has 1 heterocycles. The van der Waals surface area contributed by atoms with E-state index in [1.807, 2.05) is 42.3 Å². The van der Waals surface area contributed by atoms with Gasteiger partial charge in [-0.3, -0.25) is 4.79 Å². The zero-order chi connectivity index (χ0) is 13.8. The maximum atomic E-state index is 12.5. The van der Waals surface area contributed by atoms with Crippen LogP contribution in [0.15, 0.2) is 30.3 Å². The van der Waals surface area contributed by atoms with E-state index < -0.39 is 0 Å². The molecule has 0 bridgehead atoms. The van der Waals surface area contributed by atoms with Gasteiger partial charge in [0.1, 0.15) is 0 Å². The summed E-state index contributed by atoms with van der Waals surface area (Å²) in [7, 11) is 1.93. The Morgan fingerprint density at radius 1 is 1.26 bits per heavy atom. The first-order valence-electron chi connectivity index (χ1n) is 7.14. The second-order valence-electron chi connectivity index (χ2n) is 5.75. The minimum atomic E-state index is 0.125. The van der Waals surface area contributed by atoms with Gasteiger partial charge < -0.3 is 9.80 Å². The standard InChI is InChI=1S/C16H24N2O/c1-13(2)15(12-18-10-7-11-18)17(3)16(19)14-8-5-4-6-9-14/h4-6,8-9,13,15H,7,10-12H2,1-3H3/t15-/m1/s1. The number of hydrogen-bond acceptors (Lipinski definition) is 2. The van der Waals surface area contributed by atoms with Crippen LogP contribution in [0.1, 0.15) is 30.6 Å². The molecule has 0 aliphatic carbocycles. The van der Waals surface area contributed by atoms with Crippen LogP contribution in [-0.2, 0) is 0 Å². The summed E-state index contributed by atoms with van der Waals surface area (Å²) >= 11 is 0. The van der Waals surface area contributed by atoms with Gasteiger partial charge in [-0.2, -0.15) is 0 Å². The average molecular weight is 260 g/mol. The molecular weight excluding hydrogens is 236 g/mol.